The third-order valence-corrected chi connectivity index (χ3v) is 5.49. The number of anilines is 1. The van der Waals surface area contributed by atoms with Crippen LogP contribution in [0, 0.1) is 11.3 Å². The van der Waals surface area contributed by atoms with E-state index >= 15 is 0 Å². The molecule has 5 nitrogen and oxygen atoms in total. The lowest BCUT2D eigenvalue weighted by atomic mass is 10.2. The van der Waals surface area contributed by atoms with Gasteiger partial charge in [-0.15, -0.1) is 0 Å². The van der Waals surface area contributed by atoms with Crippen LogP contribution in [0.2, 0.25) is 0 Å². The minimum Gasteiger partial charge on any atom is -0.322 e. The summed E-state index contributed by atoms with van der Waals surface area (Å²) in [6.45, 7) is 3.22. The van der Waals surface area contributed by atoms with Crippen LogP contribution in [0.5, 0.6) is 0 Å². The molecule has 0 aliphatic heterocycles. The Morgan fingerprint density at radius 1 is 1.13 bits per heavy atom. The van der Waals surface area contributed by atoms with Crippen molar-refractivity contribution in [1.29, 1.82) is 5.26 Å². The summed E-state index contributed by atoms with van der Waals surface area (Å²) in [5, 5.41) is 11.0. The molecule has 118 valence electrons. The zero-order valence-corrected chi connectivity index (χ0v) is 13.6. The lowest BCUT2D eigenvalue weighted by Gasteiger charge is -2.09. The molecule has 0 fully saturated rings. The normalized spacial score (nSPS) is 11.0. The van der Waals surface area contributed by atoms with Gasteiger partial charge in [0.05, 0.1) is 21.8 Å². The van der Waals surface area contributed by atoms with E-state index in [-0.39, 0.29) is 10.8 Å². The van der Waals surface area contributed by atoms with Crippen LogP contribution in [0.4, 0.5) is 5.69 Å². The number of carbonyl (C=O) groups is 1. The fourth-order valence-electron chi connectivity index (χ4n) is 1.94. The predicted octanol–water partition coefficient (Wildman–Crippen LogP) is 2.99. The highest BCUT2D eigenvalue weighted by molar-refractivity contribution is 7.92. The van der Waals surface area contributed by atoms with Gasteiger partial charge in [-0.2, -0.15) is 5.26 Å². The monoisotopic (exact) mass is 328 g/mol. The van der Waals surface area contributed by atoms with E-state index in [1.54, 1.807) is 38.1 Å². The van der Waals surface area contributed by atoms with Crippen molar-refractivity contribution in [2.75, 3.05) is 5.32 Å². The molecule has 23 heavy (non-hydrogen) atoms. The minimum absolute atomic E-state index is 0.190. The number of nitriles is 1. The molecule has 1 N–H and O–H groups in total. The second kappa shape index (κ2) is 6.63. The first kappa shape index (κ1) is 16.7. The Bertz CT molecular complexity index is 863. The van der Waals surface area contributed by atoms with Gasteiger partial charge in [0.15, 0.2) is 9.84 Å². The van der Waals surface area contributed by atoms with Gasteiger partial charge >= 0.3 is 0 Å². The summed E-state index contributed by atoms with van der Waals surface area (Å²) in [4.78, 5) is 12.4. The summed E-state index contributed by atoms with van der Waals surface area (Å²) in [6, 6.07) is 14.3. The molecule has 2 rings (SSSR count). The summed E-state index contributed by atoms with van der Waals surface area (Å²) in [6.07, 6.45) is 0. The lowest BCUT2D eigenvalue weighted by Crippen LogP contribution is -2.15. The van der Waals surface area contributed by atoms with Crippen LogP contribution in [0.15, 0.2) is 53.4 Å². The van der Waals surface area contributed by atoms with Gasteiger partial charge in [-0.25, -0.2) is 8.42 Å². The molecule has 2 aromatic rings. The van der Waals surface area contributed by atoms with E-state index in [0.29, 0.717) is 16.8 Å². The summed E-state index contributed by atoms with van der Waals surface area (Å²) in [7, 11) is -3.36. The van der Waals surface area contributed by atoms with E-state index in [2.05, 4.69) is 5.32 Å². The number of hydrogen-bond donors (Lipinski definition) is 1. The molecule has 0 unspecified atom stereocenters. The standard InChI is InChI=1S/C17H16N2O3S/c1-12(2)23(21,22)16-8-6-14(7-9-16)17(20)19-15-5-3-4-13(10-15)11-18/h3-10,12H,1-2H3,(H,19,20). The summed E-state index contributed by atoms with van der Waals surface area (Å²) in [5.41, 5.74) is 1.30. The van der Waals surface area contributed by atoms with Gasteiger partial charge in [-0.1, -0.05) is 6.07 Å². The van der Waals surface area contributed by atoms with E-state index in [9.17, 15) is 13.2 Å². The van der Waals surface area contributed by atoms with Crippen LogP contribution in [0.25, 0.3) is 0 Å². The quantitative estimate of drug-likeness (QED) is 0.934. The van der Waals surface area contributed by atoms with Gasteiger partial charge in [-0.3, -0.25) is 4.79 Å². The van der Waals surface area contributed by atoms with E-state index in [4.69, 9.17) is 5.26 Å². The zero-order valence-electron chi connectivity index (χ0n) is 12.8. The Kier molecular flexibility index (Phi) is 4.82. The number of benzene rings is 2. The first-order valence-corrected chi connectivity index (χ1v) is 8.54. The number of hydrogen-bond acceptors (Lipinski definition) is 4. The number of sulfone groups is 1. The van der Waals surface area contributed by atoms with Crippen molar-refractivity contribution in [3.8, 4) is 6.07 Å². The van der Waals surface area contributed by atoms with Gasteiger partial charge in [0.2, 0.25) is 0 Å². The lowest BCUT2D eigenvalue weighted by molar-refractivity contribution is 0.102. The van der Waals surface area contributed by atoms with E-state index in [0.717, 1.165) is 0 Å². The highest BCUT2D eigenvalue weighted by Crippen LogP contribution is 2.17. The molecule has 0 spiro atoms. The smallest absolute Gasteiger partial charge is 0.255 e. The van der Waals surface area contributed by atoms with Gasteiger partial charge in [0, 0.05) is 11.3 Å². The molecule has 0 aliphatic carbocycles. The van der Waals surface area contributed by atoms with Gasteiger partial charge < -0.3 is 5.32 Å². The number of nitrogens with zero attached hydrogens (tertiary/aromatic N) is 1. The Morgan fingerprint density at radius 3 is 2.35 bits per heavy atom. The predicted molar refractivity (Wildman–Crippen MR) is 87.9 cm³/mol. The van der Waals surface area contributed by atoms with E-state index < -0.39 is 15.1 Å². The molecule has 0 bridgehead atoms. The van der Waals surface area contributed by atoms with Gasteiger partial charge in [0.25, 0.3) is 5.91 Å². The summed E-state index contributed by atoms with van der Waals surface area (Å²) < 4.78 is 24.1. The van der Waals surface area contributed by atoms with Crippen molar-refractivity contribution in [2.45, 2.75) is 24.0 Å². The van der Waals surface area contributed by atoms with Crippen molar-refractivity contribution >= 4 is 21.4 Å². The maximum Gasteiger partial charge on any atom is 0.255 e. The second-order valence-electron chi connectivity index (χ2n) is 5.26. The topological polar surface area (TPSA) is 87.0 Å². The van der Waals surface area contributed by atoms with Crippen molar-refractivity contribution < 1.29 is 13.2 Å². The van der Waals surface area contributed by atoms with Gasteiger partial charge in [0.1, 0.15) is 0 Å². The van der Waals surface area contributed by atoms with Gasteiger partial charge in [-0.05, 0) is 56.3 Å². The number of amides is 1. The molecule has 0 radical (unpaired) electrons. The molecule has 0 heterocycles. The fourth-order valence-corrected chi connectivity index (χ4v) is 3.00. The largest absolute Gasteiger partial charge is 0.322 e. The molecule has 1 amide bonds. The zero-order chi connectivity index (χ0) is 17.0. The number of nitrogens with one attached hydrogen (secondary N) is 1. The first-order valence-electron chi connectivity index (χ1n) is 7.00. The van der Waals surface area contributed by atoms with Crippen molar-refractivity contribution in [2.24, 2.45) is 0 Å². The molecular weight excluding hydrogens is 312 g/mol. The minimum atomic E-state index is -3.36. The van der Waals surface area contributed by atoms with Crippen LogP contribution in [-0.2, 0) is 9.84 Å². The van der Waals surface area contributed by atoms with Crippen molar-refractivity contribution in [3.05, 3.63) is 59.7 Å². The van der Waals surface area contributed by atoms with Crippen LogP contribution < -0.4 is 5.32 Å². The Labute approximate surface area is 135 Å². The van der Waals surface area contributed by atoms with Crippen LogP contribution in [-0.4, -0.2) is 19.6 Å². The number of carbonyl (C=O) groups excluding carboxylic acids is 1. The Balaban J connectivity index is 2.19. The Morgan fingerprint density at radius 2 is 1.78 bits per heavy atom. The number of rotatable bonds is 4. The summed E-state index contributed by atoms with van der Waals surface area (Å²) >= 11 is 0. The first-order chi connectivity index (χ1) is 10.8. The molecular formula is C17H16N2O3S. The maximum atomic E-state index is 12.2. The molecule has 0 saturated heterocycles. The van der Waals surface area contributed by atoms with Crippen LogP contribution >= 0.6 is 0 Å². The fraction of sp³-hybridized carbons (Fsp3) is 0.176. The summed E-state index contributed by atoms with van der Waals surface area (Å²) in [5.74, 6) is -0.367. The van der Waals surface area contributed by atoms with Crippen molar-refractivity contribution in [3.63, 3.8) is 0 Å². The molecule has 0 saturated carbocycles. The van der Waals surface area contributed by atoms with Crippen molar-refractivity contribution in [1.82, 2.24) is 0 Å². The molecule has 0 atom stereocenters. The van der Waals surface area contributed by atoms with E-state index in [1.165, 1.54) is 24.3 Å². The third-order valence-electron chi connectivity index (χ3n) is 3.32. The van der Waals surface area contributed by atoms with Crippen LogP contribution in [0.3, 0.4) is 0 Å². The highest BCUT2D eigenvalue weighted by atomic mass is 32.2. The van der Waals surface area contributed by atoms with E-state index in [1.807, 2.05) is 6.07 Å². The van der Waals surface area contributed by atoms with Crippen LogP contribution in [0.1, 0.15) is 29.8 Å². The average molecular weight is 328 g/mol. The second-order valence-corrected chi connectivity index (χ2v) is 7.77. The molecule has 0 aromatic heterocycles. The third kappa shape index (κ3) is 3.76. The average Bonchev–Trinajstić information content (AvgIpc) is 2.55. The Hall–Kier alpha value is -2.65. The molecule has 6 heteroatoms. The molecule has 2 aromatic carbocycles. The maximum absolute atomic E-state index is 12.2. The highest BCUT2D eigenvalue weighted by Gasteiger charge is 2.19. The molecule has 0 aliphatic rings. The SMILES string of the molecule is CC(C)S(=O)(=O)c1ccc(C(=O)Nc2cccc(C#N)c2)cc1.